The lowest BCUT2D eigenvalue weighted by molar-refractivity contribution is 0.0695. The molecule has 3 rings (SSSR count). The molecule has 3 aromatic rings. The highest BCUT2D eigenvalue weighted by molar-refractivity contribution is 7.92. The molecule has 156 valence electrons. The molecule has 0 aromatic heterocycles. The van der Waals surface area contributed by atoms with Crippen molar-refractivity contribution in [1.82, 2.24) is 0 Å². The largest absolute Gasteiger partial charge is 0.478 e. The molecule has 0 amide bonds. The molecule has 0 fully saturated rings. The van der Waals surface area contributed by atoms with Gasteiger partial charge in [0.15, 0.2) is 0 Å². The molecule has 6 heteroatoms. The molecule has 3 aromatic carbocycles. The lowest BCUT2D eigenvalue weighted by atomic mass is 9.99. The number of para-hydroxylation sites is 1. The molecule has 0 saturated heterocycles. The minimum Gasteiger partial charge on any atom is -0.478 e. The molecule has 0 spiro atoms. The predicted molar refractivity (Wildman–Crippen MR) is 119 cm³/mol. The average Bonchev–Trinajstić information content (AvgIpc) is 2.69. The summed E-state index contributed by atoms with van der Waals surface area (Å²) in [5.41, 5.74) is 4.21. The third kappa shape index (κ3) is 5.07. The van der Waals surface area contributed by atoms with E-state index in [0.717, 1.165) is 16.7 Å². The molecule has 0 heterocycles. The van der Waals surface area contributed by atoms with Crippen LogP contribution < -0.4 is 4.72 Å². The van der Waals surface area contributed by atoms with Gasteiger partial charge in [0.2, 0.25) is 0 Å². The first kappa shape index (κ1) is 21.6. The minimum atomic E-state index is -3.71. The predicted octanol–water partition coefficient (Wildman–Crippen LogP) is 4.98. The lowest BCUT2D eigenvalue weighted by Crippen LogP contribution is -2.15. The highest BCUT2D eigenvalue weighted by Gasteiger charge is 2.18. The summed E-state index contributed by atoms with van der Waals surface area (Å²) in [5.74, 6) is -0.938. The zero-order valence-corrected chi connectivity index (χ0v) is 17.9. The van der Waals surface area contributed by atoms with Gasteiger partial charge < -0.3 is 5.11 Å². The first-order valence-corrected chi connectivity index (χ1v) is 11.3. The first-order valence-electron chi connectivity index (χ1n) is 9.77. The van der Waals surface area contributed by atoms with Crippen molar-refractivity contribution >= 4 is 21.7 Å². The average molecular weight is 424 g/mol. The molecule has 2 N–H and O–H groups in total. The number of hydrogen-bond donors (Lipinski definition) is 2. The van der Waals surface area contributed by atoms with Crippen LogP contribution in [0.5, 0.6) is 0 Å². The van der Waals surface area contributed by atoms with Crippen molar-refractivity contribution in [3.8, 4) is 0 Å². The van der Waals surface area contributed by atoms with Crippen molar-refractivity contribution in [3.05, 3.63) is 94.5 Å². The third-order valence-corrected chi connectivity index (χ3v) is 6.55. The summed E-state index contributed by atoms with van der Waals surface area (Å²) in [4.78, 5) is 11.6. The zero-order chi connectivity index (χ0) is 21.7. The van der Waals surface area contributed by atoms with E-state index in [0.29, 0.717) is 36.1 Å². The molecule has 0 aliphatic heterocycles. The van der Waals surface area contributed by atoms with Crippen molar-refractivity contribution in [3.63, 3.8) is 0 Å². The van der Waals surface area contributed by atoms with E-state index in [1.807, 2.05) is 37.3 Å². The number of hydrogen-bond acceptors (Lipinski definition) is 3. The van der Waals surface area contributed by atoms with Crippen LogP contribution in [0.4, 0.5) is 5.69 Å². The van der Waals surface area contributed by atoms with Gasteiger partial charge in [-0.1, -0.05) is 54.1 Å². The maximum Gasteiger partial charge on any atom is 0.335 e. The summed E-state index contributed by atoms with van der Waals surface area (Å²) in [6.45, 7) is 3.71. The fourth-order valence-electron chi connectivity index (χ4n) is 3.55. The third-order valence-electron chi connectivity index (χ3n) is 5.02. The first-order chi connectivity index (χ1) is 14.3. The number of carboxylic acid groups (broad SMARTS) is 1. The van der Waals surface area contributed by atoms with Crippen LogP contribution in [0.25, 0.3) is 0 Å². The van der Waals surface area contributed by atoms with E-state index in [-0.39, 0.29) is 4.90 Å². The van der Waals surface area contributed by atoms with Gasteiger partial charge in [-0.2, -0.15) is 0 Å². The summed E-state index contributed by atoms with van der Waals surface area (Å²) < 4.78 is 28.6. The minimum absolute atomic E-state index is 0.262. The molecule has 30 heavy (non-hydrogen) atoms. The van der Waals surface area contributed by atoms with Crippen molar-refractivity contribution in [2.75, 3.05) is 4.72 Å². The summed E-state index contributed by atoms with van der Waals surface area (Å²) in [5, 5.41) is 9.32. The zero-order valence-electron chi connectivity index (χ0n) is 17.1. The summed E-state index contributed by atoms with van der Waals surface area (Å²) >= 11 is 0. The van der Waals surface area contributed by atoms with Crippen molar-refractivity contribution in [2.24, 2.45) is 0 Å². The van der Waals surface area contributed by atoms with Gasteiger partial charge in [0, 0.05) is 0 Å². The maximum atomic E-state index is 12.9. The van der Waals surface area contributed by atoms with E-state index in [2.05, 4.69) is 4.72 Å². The number of aromatic carboxylic acids is 1. The van der Waals surface area contributed by atoms with Gasteiger partial charge in [-0.05, 0) is 68.0 Å². The van der Waals surface area contributed by atoms with Gasteiger partial charge in [0.05, 0.1) is 16.1 Å². The normalized spacial score (nSPS) is 11.3. The number of nitrogens with one attached hydrogen (secondary N) is 1. The fraction of sp³-hybridized carbons (Fsp3) is 0.208. The summed E-state index contributed by atoms with van der Waals surface area (Å²) in [7, 11) is -3.71. The Kier molecular flexibility index (Phi) is 6.57. The van der Waals surface area contributed by atoms with Crippen LogP contribution in [-0.4, -0.2) is 19.5 Å². The maximum absolute atomic E-state index is 12.9. The van der Waals surface area contributed by atoms with E-state index in [4.69, 9.17) is 0 Å². The van der Waals surface area contributed by atoms with E-state index in [1.54, 1.807) is 43.3 Å². The molecule has 0 aliphatic carbocycles. The highest BCUT2D eigenvalue weighted by Crippen LogP contribution is 2.24. The van der Waals surface area contributed by atoms with E-state index in [9.17, 15) is 18.3 Å². The number of carbonyl (C=O) groups is 1. The van der Waals surface area contributed by atoms with Crippen LogP contribution in [0.1, 0.15) is 39.0 Å². The SMILES string of the molecule is Cc1ccc(S(=O)(=O)Nc2ccccc2CCCc2ccccc2C(=O)O)c(C)c1. The molecular weight excluding hydrogens is 398 g/mol. The van der Waals surface area contributed by atoms with Crippen LogP contribution in [-0.2, 0) is 22.9 Å². The smallest absolute Gasteiger partial charge is 0.335 e. The second-order valence-electron chi connectivity index (χ2n) is 7.35. The number of carboxylic acids is 1. The Hall–Kier alpha value is -3.12. The van der Waals surface area contributed by atoms with E-state index >= 15 is 0 Å². The van der Waals surface area contributed by atoms with Crippen LogP contribution in [0.15, 0.2) is 71.6 Å². The van der Waals surface area contributed by atoms with E-state index in [1.165, 1.54) is 0 Å². The molecule has 5 nitrogen and oxygen atoms in total. The molecule has 0 radical (unpaired) electrons. The Morgan fingerprint density at radius 1 is 0.900 bits per heavy atom. The summed E-state index contributed by atoms with van der Waals surface area (Å²) in [6, 6.07) is 19.5. The van der Waals surface area contributed by atoms with Crippen LogP contribution in [0, 0.1) is 13.8 Å². The molecular formula is C24H25NO4S. The van der Waals surface area contributed by atoms with Crippen molar-refractivity contribution in [1.29, 1.82) is 0 Å². The monoisotopic (exact) mass is 423 g/mol. The standard InChI is InChI=1S/C24H25NO4S/c1-17-14-15-23(18(2)16-17)30(28,29)25-22-13-6-4-9-20(22)11-7-10-19-8-3-5-12-21(19)24(26)27/h3-6,8-9,12-16,25H,7,10-11H2,1-2H3,(H,26,27). The number of rotatable bonds is 8. The number of anilines is 1. The molecule has 0 unspecified atom stereocenters. The van der Waals surface area contributed by atoms with Gasteiger partial charge in [0.25, 0.3) is 10.0 Å². The quantitative estimate of drug-likeness (QED) is 0.535. The highest BCUT2D eigenvalue weighted by atomic mass is 32.2. The Morgan fingerprint density at radius 2 is 1.53 bits per heavy atom. The molecule has 0 atom stereocenters. The number of sulfonamides is 1. The van der Waals surface area contributed by atoms with Crippen LogP contribution in [0.3, 0.4) is 0 Å². The van der Waals surface area contributed by atoms with Crippen LogP contribution in [0.2, 0.25) is 0 Å². The number of aryl methyl sites for hydroxylation is 4. The lowest BCUT2D eigenvalue weighted by Gasteiger charge is -2.14. The molecule has 0 bridgehead atoms. The fourth-order valence-corrected chi connectivity index (χ4v) is 4.88. The van der Waals surface area contributed by atoms with Gasteiger partial charge in [-0.3, -0.25) is 4.72 Å². The topological polar surface area (TPSA) is 83.5 Å². The van der Waals surface area contributed by atoms with Gasteiger partial charge >= 0.3 is 5.97 Å². The van der Waals surface area contributed by atoms with Crippen molar-refractivity contribution < 1.29 is 18.3 Å². The Morgan fingerprint density at radius 3 is 2.23 bits per heavy atom. The van der Waals surface area contributed by atoms with E-state index < -0.39 is 16.0 Å². The molecule has 0 aliphatic rings. The second kappa shape index (κ2) is 9.13. The Balaban J connectivity index is 1.76. The van der Waals surface area contributed by atoms with Gasteiger partial charge in [-0.25, -0.2) is 13.2 Å². The second-order valence-corrected chi connectivity index (χ2v) is 9.00. The van der Waals surface area contributed by atoms with Gasteiger partial charge in [0.1, 0.15) is 0 Å². The van der Waals surface area contributed by atoms with Gasteiger partial charge in [-0.15, -0.1) is 0 Å². The van der Waals surface area contributed by atoms with Crippen molar-refractivity contribution in [2.45, 2.75) is 38.0 Å². The Bertz CT molecular complexity index is 1170. The van der Waals surface area contributed by atoms with Crippen LogP contribution >= 0.6 is 0 Å². The summed E-state index contributed by atoms with van der Waals surface area (Å²) in [6.07, 6.45) is 1.92. The molecule has 0 saturated carbocycles. The number of benzene rings is 3. The Labute approximate surface area is 177 Å².